The molecular formula is C16H26N2O2. The molecule has 1 aromatic carbocycles. The number of rotatable bonds is 7. The maximum absolute atomic E-state index is 5.80. The van der Waals surface area contributed by atoms with Crippen LogP contribution in [0.1, 0.15) is 25.3 Å². The van der Waals surface area contributed by atoms with E-state index in [9.17, 15) is 0 Å². The summed E-state index contributed by atoms with van der Waals surface area (Å²) >= 11 is 0. The molecule has 0 spiro atoms. The fourth-order valence-corrected chi connectivity index (χ4v) is 2.59. The Morgan fingerprint density at radius 2 is 2.10 bits per heavy atom. The Morgan fingerprint density at radius 3 is 2.80 bits per heavy atom. The summed E-state index contributed by atoms with van der Waals surface area (Å²) in [6.07, 6.45) is 2.73. The van der Waals surface area contributed by atoms with Gasteiger partial charge in [-0.2, -0.15) is 0 Å². The Balaban J connectivity index is 1.66. The van der Waals surface area contributed by atoms with E-state index in [1.54, 1.807) is 0 Å². The minimum absolute atomic E-state index is 0.457. The maximum atomic E-state index is 5.80. The molecule has 0 bridgehead atoms. The third-order valence-corrected chi connectivity index (χ3v) is 3.75. The second-order valence-corrected chi connectivity index (χ2v) is 5.20. The molecule has 0 unspecified atom stereocenters. The molecule has 0 aliphatic carbocycles. The van der Waals surface area contributed by atoms with Crippen molar-refractivity contribution in [2.45, 2.75) is 32.4 Å². The van der Waals surface area contributed by atoms with Gasteiger partial charge in [0.15, 0.2) is 0 Å². The van der Waals surface area contributed by atoms with Crippen LogP contribution in [0.2, 0.25) is 0 Å². The topological polar surface area (TPSA) is 47.7 Å². The van der Waals surface area contributed by atoms with Crippen molar-refractivity contribution < 1.29 is 9.47 Å². The summed E-state index contributed by atoms with van der Waals surface area (Å²) in [4.78, 5) is 2.45. The summed E-state index contributed by atoms with van der Waals surface area (Å²) in [6, 6.07) is 8.01. The molecule has 1 saturated heterocycles. The number of ether oxygens (including phenoxy) is 2. The van der Waals surface area contributed by atoms with E-state index in [1.807, 2.05) is 24.3 Å². The van der Waals surface area contributed by atoms with Crippen LogP contribution in [0.4, 0.5) is 0 Å². The largest absolute Gasteiger partial charge is 0.492 e. The zero-order chi connectivity index (χ0) is 14.2. The van der Waals surface area contributed by atoms with Gasteiger partial charge in [0, 0.05) is 32.8 Å². The molecule has 0 aromatic heterocycles. The third kappa shape index (κ3) is 4.78. The zero-order valence-electron chi connectivity index (χ0n) is 12.4. The molecule has 1 aliphatic rings. The minimum atomic E-state index is 0.457. The van der Waals surface area contributed by atoms with Gasteiger partial charge in [0.2, 0.25) is 0 Å². The number of hydrogen-bond acceptors (Lipinski definition) is 4. The smallest absolute Gasteiger partial charge is 0.119 e. The number of piperidine rings is 1. The van der Waals surface area contributed by atoms with Crippen LogP contribution in [0.25, 0.3) is 0 Å². The SMILES string of the molecule is CCOC1CCN(CCOc2cccc(CN)c2)CC1. The molecule has 20 heavy (non-hydrogen) atoms. The van der Waals surface area contributed by atoms with Crippen molar-refractivity contribution in [1.82, 2.24) is 4.90 Å². The van der Waals surface area contributed by atoms with Crippen molar-refractivity contribution in [3.8, 4) is 5.75 Å². The van der Waals surface area contributed by atoms with Gasteiger partial charge in [-0.3, -0.25) is 4.90 Å². The molecule has 1 heterocycles. The van der Waals surface area contributed by atoms with Gasteiger partial charge in [-0.15, -0.1) is 0 Å². The highest BCUT2D eigenvalue weighted by molar-refractivity contribution is 5.28. The normalized spacial score (nSPS) is 17.3. The highest BCUT2D eigenvalue weighted by Gasteiger charge is 2.18. The van der Waals surface area contributed by atoms with Gasteiger partial charge in [0.05, 0.1) is 6.10 Å². The van der Waals surface area contributed by atoms with Gasteiger partial charge in [-0.25, -0.2) is 0 Å². The summed E-state index contributed by atoms with van der Waals surface area (Å²) in [5.74, 6) is 0.914. The van der Waals surface area contributed by atoms with Crippen LogP contribution >= 0.6 is 0 Å². The van der Waals surface area contributed by atoms with Crippen LogP contribution < -0.4 is 10.5 Å². The fraction of sp³-hybridized carbons (Fsp3) is 0.625. The lowest BCUT2D eigenvalue weighted by atomic mass is 10.1. The standard InChI is InChI=1S/C16H26N2O2/c1-2-19-15-6-8-18(9-7-15)10-11-20-16-5-3-4-14(12-16)13-17/h3-5,12,15H,2,6-11,13,17H2,1H3. The van der Waals surface area contributed by atoms with Gasteiger partial charge in [0.1, 0.15) is 12.4 Å². The molecule has 0 atom stereocenters. The van der Waals surface area contributed by atoms with Gasteiger partial charge < -0.3 is 15.2 Å². The van der Waals surface area contributed by atoms with Gasteiger partial charge in [0.25, 0.3) is 0 Å². The van der Waals surface area contributed by atoms with Crippen LogP contribution in [0, 0.1) is 0 Å². The molecule has 0 saturated carbocycles. The Morgan fingerprint density at radius 1 is 1.30 bits per heavy atom. The van der Waals surface area contributed by atoms with Crippen LogP contribution in [0.5, 0.6) is 5.75 Å². The van der Waals surface area contributed by atoms with Crippen molar-refractivity contribution >= 4 is 0 Å². The first-order chi connectivity index (χ1) is 9.81. The van der Waals surface area contributed by atoms with Crippen LogP contribution in [0.15, 0.2) is 24.3 Å². The summed E-state index contributed by atoms with van der Waals surface area (Å²) < 4.78 is 11.5. The molecule has 0 amide bonds. The Bertz CT molecular complexity index is 390. The molecule has 0 radical (unpaired) electrons. The van der Waals surface area contributed by atoms with Crippen molar-refractivity contribution in [2.24, 2.45) is 5.73 Å². The summed E-state index contributed by atoms with van der Waals surface area (Å²) in [5, 5.41) is 0. The molecule has 1 fully saturated rings. The predicted molar refractivity (Wildman–Crippen MR) is 80.9 cm³/mol. The number of nitrogens with two attached hydrogens (primary N) is 1. The van der Waals surface area contributed by atoms with E-state index in [0.29, 0.717) is 12.6 Å². The van der Waals surface area contributed by atoms with E-state index in [1.165, 1.54) is 0 Å². The van der Waals surface area contributed by atoms with E-state index >= 15 is 0 Å². The fourth-order valence-electron chi connectivity index (χ4n) is 2.59. The number of likely N-dealkylation sites (tertiary alicyclic amines) is 1. The molecule has 2 N–H and O–H groups in total. The van der Waals surface area contributed by atoms with Gasteiger partial charge in [-0.1, -0.05) is 12.1 Å². The molecular weight excluding hydrogens is 252 g/mol. The van der Waals surface area contributed by atoms with E-state index < -0.39 is 0 Å². The summed E-state index contributed by atoms with van der Waals surface area (Å²) in [7, 11) is 0. The van der Waals surface area contributed by atoms with Crippen molar-refractivity contribution in [3.63, 3.8) is 0 Å². The number of hydrogen-bond donors (Lipinski definition) is 1. The lowest BCUT2D eigenvalue weighted by molar-refractivity contribution is 0.0119. The van der Waals surface area contributed by atoms with E-state index in [2.05, 4.69) is 11.8 Å². The minimum Gasteiger partial charge on any atom is -0.492 e. The Kier molecular flexibility index (Phi) is 6.30. The van der Waals surface area contributed by atoms with Gasteiger partial charge in [-0.05, 0) is 37.5 Å². The van der Waals surface area contributed by atoms with Crippen LogP contribution in [0.3, 0.4) is 0 Å². The quantitative estimate of drug-likeness (QED) is 0.829. The summed E-state index contributed by atoms with van der Waals surface area (Å²) in [5.41, 5.74) is 6.74. The second-order valence-electron chi connectivity index (χ2n) is 5.20. The van der Waals surface area contributed by atoms with Crippen molar-refractivity contribution in [3.05, 3.63) is 29.8 Å². The molecule has 2 rings (SSSR count). The first-order valence-electron chi connectivity index (χ1n) is 7.57. The third-order valence-electron chi connectivity index (χ3n) is 3.75. The molecule has 1 aliphatic heterocycles. The highest BCUT2D eigenvalue weighted by atomic mass is 16.5. The molecule has 4 heteroatoms. The number of nitrogens with zero attached hydrogens (tertiary/aromatic N) is 1. The van der Waals surface area contributed by atoms with Crippen LogP contribution in [-0.2, 0) is 11.3 Å². The van der Waals surface area contributed by atoms with Crippen molar-refractivity contribution in [1.29, 1.82) is 0 Å². The second kappa shape index (κ2) is 8.25. The molecule has 112 valence electrons. The average molecular weight is 278 g/mol. The van der Waals surface area contributed by atoms with E-state index in [0.717, 1.165) is 57.0 Å². The molecule has 4 nitrogen and oxygen atoms in total. The lowest BCUT2D eigenvalue weighted by Crippen LogP contribution is -2.39. The van der Waals surface area contributed by atoms with E-state index in [-0.39, 0.29) is 0 Å². The summed E-state index contributed by atoms with van der Waals surface area (Å²) in [6.45, 7) is 7.37. The monoisotopic (exact) mass is 278 g/mol. The first-order valence-corrected chi connectivity index (χ1v) is 7.57. The first kappa shape index (κ1) is 15.3. The number of benzene rings is 1. The predicted octanol–water partition coefficient (Wildman–Crippen LogP) is 2.02. The van der Waals surface area contributed by atoms with Crippen LogP contribution in [-0.4, -0.2) is 43.9 Å². The van der Waals surface area contributed by atoms with Gasteiger partial charge >= 0.3 is 0 Å². The lowest BCUT2D eigenvalue weighted by Gasteiger charge is -2.31. The Labute approximate surface area is 121 Å². The maximum Gasteiger partial charge on any atom is 0.119 e. The van der Waals surface area contributed by atoms with Crippen molar-refractivity contribution in [2.75, 3.05) is 32.8 Å². The average Bonchev–Trinajstić information content (AvgIpc) is 2.50. The molecule has 1 aromatic rings. The zero-order valence-corrected chi connectivity index (χ0v) is 12.4. The highest BCUT2D eigenvalue weighted by Crippen LogP contribution is 2.15. The van der Waals surface area contributed by atoms with E-state index in [4.69, 9.17) is 15.2 Å². The Hall–Kier alpha value is -1.10.